The first kappa shape index (κ1) is 61.4. The Morgan fingerprint density at radius 2 is 0.603 bits per heavy atom. The fourth-order valence-corrected chi connectivity index (χ4v) is 8.66. The zero-order valence-corrected chi connectivity index (χ0v) is 43.2. The van der Waals surface area contributed by atoms with Crippen LogP contribution in [0.15, 0.2) is 0 Å². The van der Waals surface area contributed by atoms with Gasteiger partial charge in [0.1, 0.15) is 13.2 Å². The summed E-state index contributed by atoms with van der Waals surface area (Å²) < 4.78 is 16.9. The van der Waals surface area contributed by atoms with Crippen molar-refractivity contribution < 1.29 is 28.6 Å². The summed E-state index contributed by atoms with van der Waals surface area (Å²) in [6.45, 7) is 11.4. The van der Waals surface area contributed by atoms with Crippen molar-refractivity contribution in [3.63, 3.8) is 0 Å². The first-order valence-electron chi connectivity index (χ1n) is 28.3. The highest BCUT2D eigenvalue weighted by atomic mass is 16.6. The Balaban J connectivity index is 4.25. The minimum atomic E-state index is -0.762. The van der Waals surface area contributed by atoms with Crippen LogP contribution in [0.3, 0.4) is 0 Å². The van der Waals surface area contributed by atoms with Crippen molar-refractivity contribution in [2.75, 3.05) is 13.2 Å². The molecular formula is C57H110O6. The van der Waals surface area contributed by atoms with E-state index >= 15 is 0 Å². The van der Waals surface area contributed by atoms with Gasteiger partial charge < -0.3 is 14.2 Å². The lowest BCUT2D eigenvalue weighted by Gasteiger charge is -2.18. The van der Waals surface area contributed by atoms with Crippen molar-refractivity contribution in [3.8, 4) is 0 Å². The summed E-state index contributed by atoms with van der Waals surface area (Å²) in [5.74, 6) is 0.894. The molecule has 0 aliphatic carbocycles. The van der Waals surface area contributed by atoms with Gasteiger partial charge in [0.05, 0.1) is 0 Å². The third-order valence-electron chi connectivity index (χ3n) is 13.3. The van der Waals surface area contributed by atoms with Crippen LogP contribution in [0.25, 0.3) is 0 Å². The minimum absolute atomic E-state index is 0.0629. The van der Waals surface area contributed by atoms with E-state index in [1.54, 1.807) is 0 Å². The summed E-state index contributed by atoms with van der Waals surface area (Å²) in [6.07, 6.45) is 52.3. The maximum Gasteiger partial charge on any atom is 0.306 e. The van der Waals surface area contributed by atoms with Gasteiger partial charge in [-0.2, -0.15) is 0 Å². The van der Waals surface area contributed by atoms with E-state index in [9.17, 15) is 14.4 Å². The quantitative estimate of drug-likeness (QED) is 0.0344. The molecule has 0 aliphatic heterocycles. The first-order valence-corrected chi connectivity index (χ1v) is 28.3. The fourth-order valence-electron chi connectivity index (χ4n) is 8.66. The Morgan fingerprint density at radius 3 is 0.905 bits per heavy atom. The van der Waals surface area contributed by atoms with Gasteiger partial charge >= 0.3 is 17.9 Å². The molecule has 63 heavy (non-hydrogen) atoms. The molecule has 0 spiro atoms. The molecule has 1 unspecified atom stereocenters. The largest absolute Gasteiger partial charge is 0.462 e. The van der Waals surface area contributed by atoms with Crippen LogP contribution < -0.4 is 0 Å². The second kappa shape index (κ2) is 49.8. The highest BCUT2D eigenvalue weighted by Crippen LogP contribution is 2.18. The predicted octanol–water partition coefficient (Wildman–Crippen LogP) is 18.5. The molecule has 0 rings (SSSR count). The van der Waals surface area contributed by atoms with E-state index < -0.39 is 6.10 Å². The third-order valence-corrected chi connectivity index (χ3v) is 13.3. The van der Waals surface area contributed by atoms with Gasteiger partial charge in [-0.1, -0.05) is 279 Å². The molecule has 0 aromatic rings. The summed E-state index contributed by atoms with van der Waals surface area (Å²) in [5.41, 5.74) is 0. The van der Waals surface area contributed by atoms with Crippen molar-refractivity contribution in [2.24, 2.45) is 11.8 Å². The molecule has 0 fully saturated rings. The third kappa shape index (κ3) is 49.7. The molecule has 0 heterocycles. The Labute approximate surface area is 393 Å². The molecular weight excluding hydrogens is 781 g/mol. The number of hydrogen-bond donors (Lipinski definition) is 0. The fraction of sp³-hybridized carbons (Fsp3) is 0.947. The van der Waals surface area contributed by atoms with Crippen LogP contribution >= 0.6 is 0 Å². The average molecular weight is 892 g/mol. The normalized spacial score (nSPS) is 12.5. The van der Waals surface area contributed by atoms with Crippen LogP contribution in [0.5, 0.6) is 0 Å². The van der Waals surface area contributed by atoms with E-state index in [2.05, 4.69) is 34.6 Å². The van der Waals surface area contributed by atoms with E-state index in [1.165, 1.54) is 205 Å². The number of carbonyl (C=O) groups excluding carboxylic acids is 3. The van der Waals surface area contributed by atoms with Gasteiger partial charge in [0.25, 0.3) is 0 Å². The Morgan fingerprint density at radius 1 is 0.333 bits per heavy atom. The van der Waals surface area contributed by atoms with E-state index in [0.29, 0.717) is 19.3 Å². The zero-order chi connectivity index (χ0) is 46.1. The van der Waals surface area contributed by atoms with Gasteiger partial charge in [-0.05, 0) is 31.1 Å². The van der Waals surface area contributed by atoms with Crippen molar-refractivity contribution in [2.45, 2.75) is 323 Å². The van der Waals surface area contributed by atoms with E-state index in [0.717, 1.165) is 69.6 Å². The maximum absolute atomic E-state index is 12.8. The van der Waals surface area contributed by atoms with Gasteiger partial charge in [-0.3, -0.25) is 14.4 Å². The van der Waals surface area contributed by atoms with Gasteiger partial charge in [-0.15, -0.1) is 0 Å². The second-order valence-electron chi connectivity index (χ2n) is 20.3. The Hall–Kier alpha value is -1.59. The van der Waals surface area contributed by atoms with Crippen molar-refractivity contribution in [1.82, 2.24) is 0 Å². The zero-order valence-electron chi connectivity index (χ0n) is 43.2. The van der Waals surface area contributed by atoms with Crippen LogP contribution in [-0.4, -0.2) is 37.2 Å². The highest BCUT2D eigenvalue weighted by Gasteiger charge is 2.19. The Bertz CT molecular complexity index is 964. The summed E-state index contributed by atoms with van der Waals surface area (Å²) in [6, 6.07) is 0. The summed E-state index contributed by atoms with van der Waals surface area (Å²) in [5, 5.41) is 0. The lowest BCUT2D eigenvalue weighted by atomic mass is 9.99. The van der Waals surface area contributed by atoms with E-state index in [-0.39, 0.29) is 31.1 Å². The maximum atomic E-state index is 12.8. The summed E-state index contributed by atoms with van der Waals surface area (Å²) in [4.78, 5) is 38.1. The second-order valence-corrected chi connectivity index (χ2v) is 20.3. The van der Waals surface area contributed by atoms with Gasteiger partial charge in [0, 0.05) is 19.3 Å². The molecule has 2 atom stereocenters. The smallest absolute Gasteiger partial charge is 0.306 e. The molecule has 6 heteroatoms. The number of rotatable bonds is 51. The Kier molecular flexibility index (Phi) is 48.6. The highest BCUT2D eigenvalue weighted by molar-refractivity contribution is 5.71. The predicted molar refractivity (Wildman–Crippen MR) is 270 cm³/mol. The van der Waals surface area contributed by atoms with Crippen LogP contribution in [0.2, 0.25) is 0 Å². The molecule has 374 valence electrons. The lowest BCUT2D eigenvalue weighted by molar-refractivity contribution is -0.167. The summed E-state index contributed by atoms with van der Waals surface area (Å²) in [7, 11) is 0. The van der Waals surface area contributed by atoms with Crippen LogP contribution in [0.1, 0.15) is 317 Å². The topological polar surface area (TPSA) is 78.9 Å². The minimum Gasteiger partial charge on any atom is -0.462 e. The molecule has 0 aromatic heterocycles. The van der Waals surface area contributed by atoms with Crippen molar-refractivity contribution in [3.05, 3.63) is 0 Å². The number of esters is 3. The molecule has 0 saturated carbocycles. The summed E-state index contributed by atoms with van der Waals surface area (Å²) >= 11 is 0. The molecule has 0 bridgehead atoms. The molecule has 0 saturated heterocycles. The lowest BCUT2D eigenvalue weighted by Crippen LogP contribution is -2.30. The molecule has 0 amide bonds. The number of ether oxygens (including phenoxy) is 3. The first-order chi connectivity index (χ1) is 30.8. The molecule has 0 radical (unpaired) electrons. The van der Waals surface area contributed by atoms with Crippen LogP contribution in [-0.2, 0) is 28.6 Å². The van der Waals surface area contributed by atoms with Crippen molar-refractivity contribution in [1.29, 1.82) is 0 Å². The standard InChI is InChI=1S/C57H110O6/c1-6-8-9-10-11-12-20-29-34-39-44-49-57(60)63-54(51-62-56(59)48-43-38-33-28-24-19-15-16-21-25-30-35-40-45-52(3)4)50-61-55(58)47-42-37-32-27-23-18-14-13-17-22-26-31-36-41-46-53(5)7-2/h52-54H,6-51H2,1-5H3/t53?,54-/m0/s1. The average Bonchev–Trinajstić information content (AvgIpc) is 3.27. The monoisotopic (exact) mass is 891 g/mol. The molecule has 6 nitrogen and oxygen atoms in total. The van der Waals surface area contributed by atoms with Crippen LogP contribution in [0, 0.1) is 11.8 Å². The van der Waals surface area contributed by atoms with E-state index in [4.69, 9.17) is 14.2 Å². The van der Waals surface area contributed by atoms with Crippen LogP contribution in [0.4, 0.5) is 0 Å². The van der Waals surface area contributed by atoms with Gasteiger partial charge in [0.15, 0.2) is 6.10 Å². The van der Waals surface area contributed by atoms with Gasteiger partial charge in [-0.25, -0.2) is 0 Å². The van der Waals surface area contributed by atoms with Crippen molar-refractivity contribution >= 4 is 17.9 Å². The SMILES string of the molecule is CCCCCCCCCCCCCC(=O)O[C@@H](COC(=O)CCCCCCCCCCCCCCCCC(C)CC)COC(=O)CCCCCCCCCCCCCCCC(C)C. The number of carbonyl (C=O) groups is 3. The molecule has 0 aliphatic rings. The molecule has 0 N–H and O–H groups in total. The number of unbranched alkanes of at least 4 members (excludes halogenated alkanes) is 35. The molecule has 0 aromatic carbocycles. The van der Waals surface area contributed by atoms with E-state index in [1.807, 2.05) is 0 Å². The van der Waals surface area contributed by atoms with Gasteiger partial charge in [0.2, 0.25) is 0 Å². The number of hydrogen-bond acceptors (Lipinski definition) is 6.